The molecule has 6 heteroatoms. The molecule has 96 valence electrons. The highest BCUT2D eigenvalue weighted by Gasteiger charge is 2.14. The van der Waals surface area contributed by atoms with Crippen molar-refractivity contribution in [3.05, 3.63) is 52.9 Å². The molecule has 0 aliphatic carbocycles. The van der Waals surface area contributed by atoms with Crippen LogP contribution in [0.5, 0.6) is 0 Å². The van der Waals surface area contributed by atoms with E-state index in [-0.39, 0.29) is 11.4 Å². The summed E-state index contributed by atoms with van der Waals surface area (Å²) in [6, 6.07) is 6.34. The maximum Gasteiger partial charge on any atom is 0.240 e. The lowest BCUT2D eigenvalue weighted by molar-refractivity contribution is 0.561. The number of sulfonamides is 1. The number of aryl methyl sites for hydroxylation is 1. The normalized spacial score (nSPS) is 11.7. The van der Waals surface area contributed by atoms with Crippen molar-refractivity contribution in [2.75, 3.05) is 0 Å². The van der Waals surface area contributed by atoms with Gasteiger partial charge in [0.1, 0.15) is 0 Å². The van der Waals surface area contributed by atoms with Crippen molar-refractivity contribution < 1.29 is 12.8 Å². The van der Waals surface area contributed by atoms with Crippen molar-refractivity contribution in [1.82, 2.24) is 4.72 Å². The van der Waals surface area contributed by atoms with E-state index >= 15 is 0 Å². The third-order valence-electron chi connectivity index (χ3n) is 2.50. The lowest BCUT2D eigenvalue weighted by Crippen LogP contribution is -2.23. The summed E-state index contributed by atoms with van der Waals surface area (Å²) in [6.07, 6.45) is 2.98. The van der Waals surface area contributed by atoms with E-state index in [1.165, 1.54) is 24.7 Å². The first-order valence-corrected chi connectivity index (χ1v) is 7.12. The molecule has 2 rings (SSSR count). The number of benzene rings is 1. The van der Waals surface area contributed by atoms with Crippen LogP contribution in [0.3, 0.4) is 0 Å². The molecule has 0 radical (unpaired) electrons. The van der Waals surface area contributed by atoms with Gasteiger partial charge in [0.15, 0.2) is 0 Å². The lowest BCUT2D eigenvalue weighted by Gasteiger charge is -2.07. The molecule has 0 atom stereocenters. The first kappa shape index (κ1) is 13.1. The first-order chi connectivity index (χ1) is 8.49. The van der Waals surface area contributed by atoms with E-state index in [2.05, 4.69) is 4.72 Å². The van der Waals surface area contributed by atoms with Crippen LogP contribution >= 0.6 is 11.6 Å². The highest BCUT2D eigenvalue weighted by molar-refractivity contribution is 7.89. The van der Waals surface area contributed by atoms with E-state index in [4.69, 9.17) is 16.0 Å². The van der Waals surface area contributed by atoms with Crippen LogP contribution in [0.4, 0.5) is 0 Å². The van der Waals surface area contributed by atoms with Gasteiger partial charge in [-0.2, -0.15) is 0 Å². The van der Waals surface area contributed by atoms with Gasteiger partial charge in [0.2, 0.25) is 10.0 Å². The van der Waals surface area contributed by atoms with E-state index in [0.717, 1.165) is 11.1 Å². The molecule has 1 aromatic heterocycles. The summed E-state index contributed by atoms with van der Waals surface area (Å²) in [5.74, 6) is 0. The van der Waals surface area contributed by atoms with Gasteiger partial charge in [-0.05, 0) is 30.7 Å². The van der Waals surface area contributed by atoms with Gasteiger partial charge in [0, 0.05) is 17.1 Å². The van der Waals surface area contributed by atoms with E-state index in [0.29, 0.717) is 5.02 Å². The fraction of sp³-hybridized carbons (Fsp3) is 0.167. The number of furan rings is 1. The Hall–Kier alpha value is -1.30. The zero-order valence-corrected chi connectivity index (χ0v) is 11.3. The van der Waals surface area contributed by atoms with E-state index < -0.39 is 10.0 Å². The van der Waals surface area contributed by atoms with Crippen LogP contribution in [-0.2, 0) is 16.6 Å². The van der Waals surface area contributed by atoms with Crippen LogP contribution in [0.25, 0.3) is 0 Å². The predicted molar refractivity (Wildman–Crippen MR) is 68.9 cm³/mol. The summed E-state index contributed by atoms with van der Waals surface area (Å²) in [5.41, 5.74) is 1.60. The Morgan fingerprint density at radius 1 is 1.33 bits per heavy atom. The average Bonchev–Trinajstić information content (AvgIpc) is 2.83. The SMILES string of the molecule is Cc1ccc(S(=O)(=O)NCc2ccoc2)cc1Cl. The second-order valence-electron chi connectivity index (χ2n) is 3.87. The van der Waals surface area contributed by atoms with Crippen LogP contribution in [-0.4, -0.2) is 8.42 Å². The zero-order valence-electron chi connectivity index (χ0n) is 9.68. The topological polar surface area (TPSA) is 59.3 Å². The Labute approximate surface area is 111 Å². The lowest BCUT2D eigenvalue weighted by atomic mass is 10.2. The van der Waals surface area contributed by atoms with Crippen molar-refractivity contribution in [3.8, 4) is 0 Å². The predicted octanol–water partition coefficient (Wildman–Crippen LogP) is 2.72. The van der Waals surface area contributed by atoms with Gasteiger partial charge in [-0.1, -0.05) is 17.7 Å². The van der Waals surface area contributed by atoms with Crippen LogP contribution in [0.2, 0.25) is 5.02 Å². The van der Waals surface area contributed by atoms with Gasteiger partial charge in [-0.15, -0.1) is 0 Å². The molecule has 1 heterocycles. The third kappa shape index (κ3) is 2.93. The molecular formula is C12H12ClNO3S. The van der Waals surface area contributed by atoms with Gasteiger partial charge in [0.05, 0.1) is 17.4 Å². The first-order valence-electron chi connectivity index (χ1n) is 5.26. The van der Waals surface area contributed by atoms with Crippen LogP contribution in [0.1, 0.15) is 11.1 Å². The second kappa shape index (κ2) is 5.14. The second-order valence-corrected chi connectivity index (χ2v) is 6.04. The maximum atomic E-state index is 12.0. The summed E-state index contributed by atoms with van der Waals surface area (Å²) in [4.78, 5) is 0.154. The van der Waals surface area contributed by atoms with Gasteiger partial charge in [-0.25, -0.2) is 13.1 Å². The molecule has 0 saturated carbocycles. The molecule has 0 bridgehead atoms. The molecule has 0 aliphatic heterocycles. The Kier molecular flexibility index (Phi) is 3.75. The van der Waals surface area contributed by atoms with Gasteiger partial charge < -0.3 is 4.42 Å². The molecule has 0 unspecified atom stereocenters. The molecule has 4 nitrogen and oxygen atoms in total. The van der Waals surface area contributed by atoms with Gasteiger partial charge >= 0.3 is 0 Å². The maximum absolute atomic E-state index is 12.0. The molecule has 1 N–H and O–H groups in total. The van der Waals surface area contributed by atoms with Crippen LogP contribution < -0.4 is 4.72 Å². The number of rotatable bonds is 4. The Morgan fingerprint density at radius 3 is 2.72 bits per heavy atom. The number of nitrogens with one attached hydrogen (secondary N) is 1. The molecule has 0 amide bonds. The average molecular weight is 286 g/mol. The quantitative estimate of drug-likeness (QED) is 0.939. The summed E-state index contributed by atoms with van der Waals surface area (Å²) in [5, 5.41) is 0.432. The fourth-order valence-electron chi connectivity index (χ4n) is 1.40. The minimum absolute atomic E-state index is 0.154. The smallest absolute Gasteiger partial charge is 0.240 e. The molecule has 0 spiro atoms. The molecule has 0 saturated heterocycles. The Morgan fingerprint density at radius 2 is 2.11 bits per heavy atom. The van der Waals surface area contributed by atoms with E-state index in [1.54, 1.807) is 12.1 Å². The molecule has 18 heavy (non-hydrogen) atoms. The standard InChI is InChI=1S/C12H12ClNO3S/c1-9-2-3-11(6-12(9)13)18(15,16)14-7-10-4-5-17-8-10/h2-6,8,14H,7H2,1H3. The van der Waals surface area contributed by atoms with E-state index in [1.807, 2.05) is 6.92 Å². The summed E-state index contributed by atoms with van der Waals surface area (Å²) < 4.78 is 31.3. The van der Waals surface area contributed by atoms with Crippen molar-refractivity contribution in [1.29, 1.82) is 0 Å². The largest absolute Gasteiger partial charge is 0.472 e. The number of hydrogen-bond acceptors (Lipinski definition) is 3. The van der Waals surface area contributed by atoms with Gasteiger partial charge in [0.25, 0.3) is 0 Å². The summed E-state index contributed by atoms with van der Waals surface area (Å²) in [7, 11) is -3.55. The number of halogens is 1. The minimum atomic E-state index is -3.55. The fourth-order valence-corrected chi connectivity index (χ4v) is 2.68. The van der Waals surface area contributed by atoms with E-state index in [9.17, 15) is 8.42 Å². The number of hydrogen-bond donors (Lipinski definition) is 1. The molecule has 0 fully saturated rings. The van der Waals surface area contributed by atoms with Crippen molar-refractivity contribution >= 4 is 21.6 Å². The minimum Gasteiger partial charge on any atom is -0.472 e. The third-order valence-corrected chi connectivity index (χ3v) is 4.31. The monoisotopic (exact) mass is 285 g/mol. The Bertz CT molecular complexity index is 635. The molecular weight excluding hydrogens is 274 g/mol. The molecule has 0 aliphatic rings. The summed E-state index contributed by atoms with van der Waals surface area (Å²) >= 11 is 5.91. The molecule has 2 aromatic rings. The van der Waals surface area contributed by atoms with Gasteiger partial charge in [-0.3, -0.25) is 0 Å². The highest BCUT2D eigenvalue weighted by Crippen LogP contribution is 2.20. The Balaban J connectivity index is 2.17. The van der Waals surface area contributed by atoms with Crippen molar-refractivity contribution in [2.45, 2.75) is 18.4 Å². The van der Waals surface area contributed by atoms with Crippen LogP contribution in [0.15, 0.2) is 46.1 Å². The summed E-state index contributed by atoms with van der Waals surface area (Å²) in [6.45, 7) is 2.00. The zero-order chi connectivity index (χ0) is 13.2. The van der Waals surface area contributed by atoms with Crippen molar-refractivity contribution in [3.63, 3.8) is 0 Å². The van der Waals surface area contributed by atoms with Crippen molar-refractivity contribution in [2.24, 2.45) is 0 Å². The highest BCUT2D eigenvalue weighted by atomic mass is 35.5. The van der Waals surface area contributed by atoms with Crippen LogP contribution in [0, 0.1) is 6.92 Å². The molecule has 1 aromatic carbocycles.